The topological polar surface area (TPSA) is 51.1 Å². The number of aromatic nitrogens is 1. The van der Waals surface area contributed by atoms with Crippen molar-refractivity contribution in [3.05, 3.63) is 91.8 Å². The van der Waals surface area contributed by atoms with E-state index in [1.807, 2.05) is 30.3 Å². The first-order valence-corrected chi connectivity index (χ1v) is 8.63. The fourth-order valence-electron chi connectivity index (χ4n) is 2.55. The van der Waals surface area contributed by atoms with Crippen LogP contribution in [0.15, 0.2) is 59.4 Å². The monoisotopic (exact) mass is 356 g/mol. The summed E-state index contributed by atoms with van der Waals surface area (Å²) in [6.45, 7) is 2.37. The Hall–Kier alpha value is -2.73. The molecule has 1 N–H and O–H groups in total. The van der Waals surface area contributed by atoms with Gasteiger partial charge >= 0.3 is 4.87 Å². The lowest BCUT2D eigenvalue weighted by Crippen LogP contribution is -2.23. The number of hydrogen-bond acceptors (Lipinski definition) is 3. The van der Waals surface area contributed by atoms with Gasteiger partial charge in [-0.1, -0.05) is 53.8 Å². The maximum absolute atomic E-state index is 13.3. The number of halogens is 1. The van der Waals surface area contributed by atoms with E-state index in [2.05, 4.69) is 5.32 Å². The molecule has 6 heteroatoms. The van der Waals surface area contributed by atoms with Crippen LogP contribution in [0.2, 0.25) is 0 Å². The van der Waals surface area contributed by atoms with Gasteiger partial charge in [-0.15, -0.1) is 0 Å². The number of carbonyl (C=O) groups is 1. The molecule has 0 saturated carbocycles. The van der Waals surface area contributed by atoms with Crippen LogP contribution in [0.3, 0.4) is 0 Å². The molecule has 128 valence electrons. The fourth-order valence-corrected chi connectivity index (χ4v) is 3.45. The minimum Gasteiger partial charge on any atom is -0.347 e. The van der Waals surface area contributed by atoms with Crippen LogP contribution in [0.4, 0.5) is 4.39 Å². The van der Waals surface area contributed by atoms with Gasteiger partial charge in [0.15, 0.2) is 0 Å². The molecular formula is C19H17FN2O2S. The van der Waals surface area contributed by atoms with Crippen molar-refractivity contribution in [1.82, 2.24) is 9.88 Å². The highest BCUT2D eigenvalue weighted by Crippen LogP contribution is 2.14. The zero-order valence-corrected chi connectivity index (χ0v) is 14.5. The second kappa shape index (κ2) is 7.44. The number of amides is 1. The number of nitrogens with one attached hydrogen (secondary N) is 1. The molecule has 1 heterocycles. The van der Waals surface area contributed by atoms with Crippen molar-refractivity contribution in [3.63, 3.8) is 0 Å². The maximum Gasteiger partial charge on any atom is 0.308 e. The number of rotatable bonds is 5. The Balaban J connectivity index is 1.77. The molecule has 0 saturated heterocycles. The van der Waals surface area contributed by atoms with E-state index >= 15 is 0 Å². The molecule has 0 unspecified atom stereocenters. The summed E-state index contributed by atoms with van der Waals surface area (Å²) in [4.78, 5) is 24.8. The summed E-state index contributed by atoms with van der Waals surface area (Å²) < 4.78 is 14.8. The smallest absolute Gasteiger partial charge is 0.308 e. The van der Waals surface area contributed by atoms with E-state index in [9.17, 15) is 14.0 Å². The van der Waals surface area contributed by atoms with Crippen molar-refractivity contribution in [2.45, 2.75) is 20.0 Å². The van der Waals surface area contributed by atoms with E-state index in [0.29, 0.717) is 22.7 Å². The second-order valence-electron chi connectivity index (χ2n) is 5.67. The van der Waals surface area contributed by atoms with Gasteiger partial charge in [0.05, 0.1) is 6.54 Å². The van der Waals surface area contributed by atoms with Gasteiger partial charge in [-0.05, 0) is 30.2 Å². The molecule has 1 aromatic heterocycles. The van der Waals surface area contributed by atoms with Crippen LogP contribution < -0.4 is 10.2 Å². The third kappa shape index (κ3) is 4.03. The highest BCUT2D eigenvalue weighted by atomic mass is 32.1. The van der Waals surface area contributed by atoms with E-state index < -0.39 is 0 Å². The molecule has 0 bridgehead atoms. The molecule has 0 radical (unpaired) electrons. The molecule has 0 atom stereocenters. The first kappa shape index (κ1) is 17.1. The van der Waals surface area contributed by atoms with Gasteiger partial charge in [-0.25, -0.2) is 4.39 Å². The quantitative estimate of drug-likeness (QED) is 0.762. The van der Waals surface area contributed by atoms with Crippen LogP contribution in [0, 0.1) is 12.7 Å². The number of benzene rings is 2. The van der Waals surface area contributed by atoms with Gasteiger partial charge in [-0.2, -0.15) is 0 Å². The number of nitrogens with zero attached hydrogens (tertiary/aromatic N) is 1. The van der Waals surface area contributed by atoms with Crippen LogP contribution in [-0.4, -0.2) is 10.5 Å². The number of thiazole rings is 1. The summed E-state index contributed by atoms with van der Waals surface area (Å²) in [5.41, 5.74) is 2.25. The molecule has 25 heavy (non-hydrogen) atoms. The predicted octanol–water partition coefficient (Wildman–Crippen LogP) is 3.34. The lowest BCUT2D eigenvalue weighted by molar-refractivity contribution is 0.0954. The SMILES string of the molecule is Cc1c(C(=O)NCc2ccccc2)sc(=O)n1Cc1cccc(F)c1. The predicted molar refractivity (Wildman–Crippen MR) is 96.4 cm³/mol. The Bertz CT molecular complexity index is 948. The summed E-state index contributed by atoms with van der Waals surface area (Å²) in [6.07, 6.45) is 0. The van der Waals surface area contributed by atoms with Crippen molar-refractivity contribution < 1.29 is 9.18 Å². The van der Waals surface area contributed by atoms with Crippen molar-refractivity contribution in [3.8, 4) is 0 Å². The van der Waals surface area contributed by atoms with E-state index in [1.54, 1.807) is 19.1 Å². The van der Waals surface area contributed by atoms with Crippen LogP contribution >= 0.6 is 11.3 Å². The molecule has 4 nitrogen and oxygen atoms in total. The Labute approximate surface area is 148 Å². The summed E-state index contributed by atoms with van der Waals surface area (Å²) in [5, 5.41) is 2.83. The molecule has 0 spiro atoms. The Kier molecular flexibility index (Phi) is 5.09. The molecule has 0 fully saturated rings. The van der Waals surface area contributed by atoms with Crippen molar-refractivity contribution in [2.24, 2.45) is 0 Å². The largest absolute Gasteiger partial charge is 0.347 e. The van der Waals surface area contributed by atoms with Crippen molar-refractivity contribution in [1.29, 1.82) is 0 Å². The van der Waals surface area contributed by atoms with Crippen molar-refractivity contribution in [2.75, 3.05) is 0 Å². The van der Waals surface area contributed by atoms with E-state index in [0.717, 1.165) is 16.9 Å². The average Bonchev–Trinajstić information content (AvgIpc) is 2.89. The van der Waals surface area contributed by atoms with Gasteiger partial charge in [0.2, 0.25) is 0 Å². The normalized spacial score (nSPS) is 10.6. The first-order chi connectivity index (χ1) is 12.0. The number of hydrogen-bond donors (Lipinski definition) is 1. The summed E-state index contributed by atoms with van der Waals surface area (Å²) >= 11 is 0.909. The van der Waals surface area contributed by atoms with Gasteiger partial charge < -0.3 is 5.32 Å². The van der Waals surface area contributed by atoms with Crippen LogP contribution in [0.1, 0.15) is 26.5 Å². The van der Waals surface area contributed by atoms with Gasteiger partial charge in [0, 0.05) is 12.2 Å². The molecule has 0 aliphatic heterocycles. The lowest BCUT2D eigenvalue weighted by Gasteiger charge is -2.07. The highest BCUT2D eigenvalue weighted by molar-refractivity contribution is 7.11. The molecule has 2 aromatic carbocycles. The lowest BCUT2D eigenvalue weighted by atomic mass is 10.2. The summed E-state index contributed by atoms with van der Waals surface area (Å²) in [6, 6.07) is 15.7. The van der Waals surface area contributed by atoms with Crippen LogP contribution in [0.25, 0.3) is 0 Å². The van der Waals surface area contributed by atoms with Gasteiger partial charge in [-0.3, -0.25) is 14.2 Å². The minimum absolute atomic E-state index is 0.230. The molecular weight excluding hydrogens is 339 g/mol. The number of carbonyl (C=O) groups excluding carboxylic acids is 1. The zero-order chi connectivity index (χ0) is 17.8. The molecule has 3 rings (SSSR count). The fraction of sp³-hybridized carbons (Fsp3) is 0.158. The van der Waals surface area contributed by atoms with E-state index in [4.69, 9.17) is 0 Å². The first-order valence-electron chi connectivity index (χ1n) is 7.81. The Morgan fingerprint density at radius 1 is 1.12 bits per heavy atom. The third-order valence-electron chi connectivity index (χ3n) is 3.88. The second-order valence-corrected chi connectivity index (χ2v) is 6.63. The van der Waals surface area contributed by atoms with E-state index in [-0.39, 0.29) is 23.1 Å². The van der Waals surface area contributed by atoms with Crippen molar-refractivity contribution >= 4 is 17.2 Å². The standard InChI is InChI=1S/C19H17FN2O2S/c1-13-17(18(23)21-11-14-6-3-2-4-7-14)25-19(24)22(13)12-15-8-5-9-16(20)10-15/h2-10H,11-12H2,1H3,(H,21,23). The van der Waals surface area contributed by atoms with Gasteiger partial charge in [0.25, 0.3) is 5.91 Å². The average molecular weight is 356 g/mol. The molecule has 0 aliphatic rings. The van der Waals surface area contributed by atoms with E-state index in [1.165, 1.54) is 16.7 Å². The summed E-state index contributed by atoms with van der Waals surface area (Å²) in [5.74, 6) is -0.624. The van der Waals surface area contributed by atoms with Crippen LogP contribution in [-0.2, 0) is 13.1 Å². The summed E-state index contributed by atoms with van der Waals surface area (Å²) in [7, 11) is 0. The third-order valence-corrected chi connectivity index (χ3v) is 4.96. The molecule has 0 aliphatic carbocycles. The van der Waals surface area contributed by atoms with Crippen LogP contribution in [0.5, 0.6) is 0 Å². The Morgan fingerprint density at radius 2 is 1.84 bits per heavy atom. The maximum atomic E-state index is 13.3. The molecule has 3 aromatic rings. The molecule has 1 amide bonds. The Morgan fingerprint density at radius 3 is 2.56 bits per heavy atom. The zero-order valence-electron chi connectivity index (χ0n) is 13.7. The van der Waals surface area contributed by atoms with Gasteiger partial charge in [0.1, 0.15) is 10.7 Å². The highest BCUT2D eigenvalue weighted by Gasteiger charge is 2.17. The minimum atomic E-state index is -0.348.